The Morgan fingerprint density at radius 2 is 0.649 bits per heavy atom. The fourth-order valence-corrected chi connectivity index (χ4v) is 14.6. The van der Waals surface area contributed by atoms with E-state index in [9.17, 15) is 40.9 Å². The molecule has 3 heterocycles. The number of hydrogen-bond acceptors (Lipinski definition) is 20. The molecule has 8 N–H and O–H groups in total. The zero-order valence-corrected chi connectivity index (χ0v) is 65.6. The molecule has 1 saturated heterocycles. The number of benzene rings is 12. The van der Waals surface area contributed by atoms with Gasteiger partial charge in [-0.25, -0.2) is 29.9 Å². The summed E-state index contributed by atoms with van der Waals surface area (Å²) in [6.45, 7) is 16.3. The van der Waals surface area contributed by atoms with Crippen LogP contribution in [-0.4, -0.2) is 142 Å². The number of hydrogen-bond donors (Lipinski definition) is 8. The molecular weight excluding hydrogens is 1440 g/mol. The quantitative estimate of drug-likeness (QED) is 0.0135. The lowest BCUT2D eigenvalue weighted by molar-refractivity contribution is -0.00112. The average molecular weight is 1540 g/mol. The molecule has 1 aliphatic rings. The average Bonchev–Trinajstić information content (AvgIpc) is 0.901. The van der Waals surface area contributed by atoms with Gasteiger partial charge in [-0.3, -0.25) is 0 Å². The van der Waals surface area contributed by atoms with Crippen molar-refractivity contribution in [3.8, 4) is 114 Å². The Hall–Kier alpha value is -11.1. The van der Waals surface area contributed by atoms with E-state index in [1.807, 2.05) is 24.3 Å². The topological polar surface area (TPSA) is 298 Å². The van der Waals surface area contributed by atoms with Crippen molar-refractivity contribution in [3.05, 3.63) is 182 Å². The Labute approximate surface area is 664 Å². The molecule has 20 heteroatoms. The smallest absolute Gasteiger partial charge is 0.181 e. The van der Waals surface area contributed by atoms with E-state index in [1.165, 1.54) is 74.2 Å². The van der Waals surface area contributed by atoms with Crippen LogP contribution in [0.15, 0.2) is 182 Å². The van der Waals surface area contributed by atoms with E-state index in [-0.39, 0.29) is 90.5 Å². The highest BCUT2D eigenvalue weighted by Gasteiger charge is 2.26. The second-order valence-corrected chi connectivity index (χ2v) is 29.7. The molecule has 15 rings (SSSR count). The van der Waals surface area contributed by atoms with Gasteiger partial charge in [-0.2, -0.15) is 0 Å². The van der Waals surface area contributed by atoms with E-state index in [0.717, 1.165) is 146 Å². The minimum absolute atomic E-state index is 0.0104. The first kappa shape index (κ1) is 80.9. The van der Waals surface area contributed by atoms with Gasteiger partial charge in [-0.1, -0.05) is 196 Å². The zero-order valence-electron chi connectivity index (χ0n) is 65.6. The van der Waals surface area contributed by atoms with Gasteiger partial charge in [0, 0.05) is 48.6 Å². The minimum atomic E-state index is -0.841. The number of epoxide rings is 1. The zero-order chi connectivity index (χ0) is 79.8. The van der Waals surface area contributed by atoms with Crippen LogP contribution in [0.3, 0.4) is 0 Å². The maximum Gasteiger partial charge on any atom is 0.181 e. The normalized spacial score (nSPS) is 14.1. The number of rotatable bonds is 35. The van der Waals surface area contributed by atoms with Crippen LogP contribution in [0.4, 0.5) is 0 Å². The van der Waals surface area contributed by atoms with E-state index >= 15 is 0 Å². The molecule has 0 radical (unpaired) electrons. The third-order valence-electron chi connectivity index (χ3n) is 21.3. The van der Waals surface area contributed by atoms with Crippen LogP contribution in [-0.2, 0) is 18.9 Å². The summed E-state index contributed by atoms with van der Waals surface area (Å²) in [6, 6.07) is 55.3. The highest BCUT2D eigenvalue weighted by molar-refractivity contribution is 6.26. The van der Waals surface area contributed by atoms with Crippen LogP contribution in [0, 0.1) is 17.8 Å². The summed E-state index contributed by atoms with van der Waals surface area (Å²) >= 11 is 0. The Morgan fingerprint density at radius 3 is 0.982 bits per heavy atom. The van der Waals surface area contributed by atoms with Gasteiger partial charge in [0.25, 0.3) is 0 Å². The van der Waals surface area contributed by atoms with Crippen LogP contribution in [0.2, 0.25) is 0 Å². The number of aromatic nitrogens is 6. The lowest BCUT2D eigenvalue weighted by Crippen LogP contribution is -2.25. The lowest BCUT2D eigenvalue weighted by atomic mass is 9.92. The molecule has 6 atom stereocenters. The molecule has 592 valence electrons. The summed E-state index contributed by atoms with van der Waals surface area (Å²) in [7, 11) is 0. The minimum Gasteiger partial charge on any atom is -0.508 e. The van der Waals surface area contributed by atoms with Gasteiger partial charge >= 0.3 is 0 Å². The predicted molar refractivity (Wildman–Crippen MR) is 450 cm³/mol. The first-order chi connectivity index (χ1) is 55.5. The summed E-state index contributed by atoms with van der Waals surface area (Å²) in [5.41, 5.74) is 2.75. The van der Waals surface area contributed by atoms with Crippen LogP contribution in [0.1, 0.15) is 119 Å². The van der Waals surface area contributed by atoms with Crippen LogP contribution < -0.4 is 9.47 Å². The summed E-state index contributed by atoms with van der Waals surface area (Å²) < 4.78 is 33.9. The van der Waals surface area contributed by atoms with E-state index < -0.39 is 12.2 Å². The number of aromatic hydroxyl groups is 6. The van der Waals surface area contributed by atoms with Crippen molar-refractivity contribution in [3.63, 3.8) is 0 Å². The van der Waals surface area contributed by atoms with E-state index in [2.05, 4.69) is 131 Å². The SMILES string of the molecule is CCCCC(CC)COC1CO1.CCCCC(CC)COCC(O)COc1ccc(-c2nc(-c3ccc(OCC(O)COCC(CC)CCCC)cc3O)nc(-c3ccc4ccc5cccc6ccc3c4c56)n2)c(O)c1.Oc1ccc(-c2nc(-c3ccc(O)cc3O)nc(-c3ccc4ccc5cccc6ccc3c4c56)n2)c(O)c1. The standard InChI is InChI=1S/C53H63N3O8.C31H19N3O4.C10H20O2/c1-5-9-12-34(7-3)28-61-30-39(57)32-63-41-20-24-45(47(59)26-41)52-54-51(44-23-19-38-17-16-36-14-11-15-37-18-22-43(44)50(38)49(36)37)55-53(56-52)46-25-21-42(27-48(46)60)64-33-40(58)31-62-29-35(8-4)13-10-6-2;35-19-8-12-23(25(37)14-19)30-32-29(33-31(34-30)24-13-9-20(36)15-26(24)38)22-11-7-18-5-4-16-2-1-3-17-6-10-21(22)28(18)27(16)17;1-3-5-6-9(4-2)7-11-10-8-12-10/h11,14-27,34-35,39-40,57-60H,5-10,12-13,28-33H2,1-4H3;1-15,35-38H;9-10H,3-8H2,1-2H3. The molecule has 0 amide bonds. The van der Waals surface area contributed by atoms with Gasteiger partial charge in [0.05, 0.1) is 42.1 Å². The van der Waals surface area contributed by atoms with Gasteiger partial charge < -0.3 is 69.3 Å². The Morgan fingerprint density at radius 1 is 0.342 bits per heavy atom. The van der Waals surface area contributed by atoms with Crippen molar-refractivity contribution < 1.29 is 69.3 Å². The predicted octanol–water partition coefficient (Wildman–Crippen LogP) is 20.3. The lowest BCUT2D eigenvalue weighted by Gasteiger charge is -2.17. The van der Waals surface area contributed by atoms with E-state index in [1.54, 1.807) is 24.3 Å². The van der Waals surface area contributed by atoms with Gasteiger partial charge in [0.15, 0.2) is 41.2 Å². The van der Waals surface area contributed by atoms with Crippen molar-refractivity contribution in [1.29, 1.82) is 0 Å². The molecule has 14 aromatic rings. The van der Waals surface area contributed by atoms with Crippen LogP contribution in [0.5, 0.6) is 46.0 Å². The summed E-state index contributed by atoms with van der Waals surface area (Å²) in [5, 5.41) is 98.0. The number of nitrogens with zero attached hydrogens (tertiary/aromatic N) is 6. The van der Waals surface area contributed by atoms with Crippen LogP contribution >= 0.6 is 0 Å². The highest BCUT2D eigenvalue weighted by Crippen LogP contribution is 2.44. The largest absolute Gasteiger partial charge is 0.508 e. The number of phenolic OH excluding ortho intramolecular Hbond substituents is 6. The van der Waals surface area contributed by atoms with Crippen molar-refractivity contribution in [2.24, 2.45) is 17.8 Å². The first-order valence-corrected chi connectivity index (χ1v) is 40.1. The molecule has 2 aromatic heterocycles. The maximum atomic E-state index is 11.5. The Balaban J connectivity index is 0.000000189. The van der Waals surface area contributed by atoms with Gasteiger partial charge in [-0.05, 0) is 162 Å². The number of phenols is 6. The second kappa shape index (κ2) is 38.2. The number of unbranched alkanes of at least 4 members (excludes halogenated alkanes) is 3. The third-order valence-corrected chi connectivity index (χ3v) is 21.3. The highest BCUT2D eigenvalue weighted by atomic mass is 16.8. The van der Waals surface area contributed by atoms with Crippen molar-refractivity contribution in [2.75, 3.05) is 52.9 Å². The molecule has 0 bridgehead atoms. The van der Waals surface area contributed by atoms with Gasteiger partial charge in [0.1, 0.15) is 78.0 Å². The molecule has 0 aliphatic carbocycles. The monoisotopic (exact) mass is 1540 g/mol. The van der Waals surface area contributed by atoms with Crippen molar-refractivity contribution in [1.82, 2.24) is 29.9 Å². The molecular formula is C94H102N6O14. The molecule has 0 saturated carbocycles. The number of ether oxygens (including phenoxy) is 6. The number of aliphatic hydroxyl groups is 2. The molecule has 12 aromatic carbocycles. The fraction of sp³-hybridized carbons (Fsp3) is 0.340. The van der Waals surface area contributed by atoms with Crippen molar-refractivity contribution in [2.45, 2.75) is 137 Å². The first-order valence-electron chi connectivity index (χ1n) is 40.1. The third kappa shape index (κ3) is 19.6. The molecule has 1 aliphatic heterocycles. The summed E-state index contributed by atoms with van der Waals surface area (Å²) in [5.74, 6) is 2.95. The molecule has 114 heavy (non-hydrogen) atoms. The Bertz CT molecular complexity index is 5340. The summed E-state index contributed by atoms with van der Waals surface area (Å²) in [6.07, 6.45) is 12.5. The second-order valence-electron chi connectivity index (χ2n) is 29.7. The van der Waals surface area contributed by atoms with E-state index in [4.69, 9.17) is 53.3 Å². The maximum absolute atomic E-state index is 11.5. The molecule has 1 fully saturated rings. The summed E-state index contributed by atoms with van der Waals surface area (Å²) in [4.78, 5) is 28.7. The molecule has 20 nitrogen and oxygen atoms in total. The Kier molecular flexibility index (Phi) is 27.1. The molecule has 0 spiro atoms. The van der Waals surface area contributed by atoms with Gasteiger partial charge in [0.2, 0.25) is 0 Å². The molecule has 6 unspecified atom stereocenters. The van der Waals surface area contributed by atoms with Gasteiger partial charge in [-0.15, -0.1) is 0 Å². The number of aliphatic hydroxyl groups excluding tert-OH is 2. The van der Waals surface area contributed by atoms with E-state index in [0.29, 0.717) is 70.5 Å². The fourth-order valence-electron chi connectivity index (χ4n) is 14.6. The van der Waals surface area contributed by atoms with Crippen LogP contribution in [0.25, 0.3) is 133 Å². The van der Waals surface area contributed by atoms with Crippen molar-refractivity contribution >= 4 is 64.6 Å².